The number of aryl methyl sites for hydroxylation is 2. The molecule has 6 aromatic rings. The molecule has 0 amide bonds. The van der Waals surface area contributed by atoms with Crippen molar-refractivity contribution < 1.29 is 41.8 Å². The average molecular weight is 1100 g/mol. The molecular weight excluding hydrogens is 1010 g/mol. The molecule has 0 unspecified atom stereocenters. The fraction of sp³-hybridized carbons (Fsp3) is 0.515. The molecule has 7 rings (SSSR count). The standard InChI is InChI=1S/C68H91BF2N2O7/c1-10-15-22-34-75-60-42-54-55-43-61(76-35-23-16-11-2)63(78-37-25-18-13-4)45-57(55)59-47-65(64(79-38-26-19-14-5)46-58(59)56(54)44-62(60)77-36-24-17-12-3)80-39-28-21-20-27-33-74-53-31-29-52(30-32-53)66(67-48(6)40-50(8)72-67)68-49(7)41-51(9)73(68)69(70)71/h29-32,40-47H,10-28,33-39H2,1-9H3/b67-66-. The number of aliphatic imine (C=N–C) groups is 1. The number of allylic oxidation sites excluding steroid dienone is 2. The number of rotatable bonds is 37. The summed E-state index contributed by atoms with van der Waals surface area (Å²) in [5, 5.41) is 6.34. The second-order valence-electron chi connectivity index (χ2n) is 21.7. The first-order valence-electron chi connectivity index (χ1n) is 30.5. The van der Waals surface area contributed by atoms with Crippen LogP contribution in [0.1, 0.15) is 193 Å². The van der Waals surface area contributed by atoms with Crippen LogP contribution in [0.4, 0.5) is 8.63 Å². The average Bonchev–Trinajstić information content (AvgIpc) is 4.01. The Labute approximate surface area is 477 Å². The third-order valence-corrected chi connectivity index (χ3v) is 15.0. The van der Waals surface area contributed by atoms with Crippen molar-refractivity contribution in [3.8, 4) is 40.2 Å². The van der Waals surface area contributed by atoms with E-state index in [2.05, 4.69) is 71.0 Å². The van der Waals surface area contributed by atoms with Crippen LogP contribution >= 0.6 is 0 Å². The van der Waals surface area contributed by atoms with Gasteiger partial charge in [-0.05, 0) is 195 Å². The van der Waals surface area contributed by atoms with E-state index >= 15 is 0 Å². The largest absolute Gasteiger partial charge is 0.677 e. The van der Waals surface area contributed by atoms with Gasteiger partial charge in [-0.1, -0.05) is 111 Å². The zero-order chi connectivity index (χ0) is 56.8. The molecule has 0 saturated carbocycles. The van der Waals surface area contributed by atoms with Crippen LogP contribution in [0.15, 0.2) is 89.1 Å². The van der Waals surface area contributed by atoms with E-state index in [1.54, 1.807) is 6.92 Å². The molecule has 0 atom stereocenters. The predicted octanol–water partition coefficient (Wildman–Crippen LogP) is 19.4. The Morgan fingerprint density at radius 3 is 1.05 bits per heavy atom. The highest BCUT2D eigenvalue weighted by Crippen LogP contribution is 2.48. The maximum atomic E-state index is 14.5. The second kappa shape index (κ2) is 31.7. The summed E-state index contributed by atoms with van der Waals surface area (Å²) >= 11 is 0. The first-order valence-corrected chi connectivity index (χ1v) is 30.5. The van der Waals surface area contributed by atoms with Gasteiger partial charge in [0.15, 0.2) is 34.5 Å². The van der Waals surface area contributed by atoms with Gasteiger partial charge in [0.05, 0.1) is 51.9 Å². The minimum atomic E-state index is -2.68. The molecule has 12 heteroatoms. The Kier molecular flexibility index (Phi) is 24.4. The third kappa shape index (κ3) is 16.3. The summed E-state index contributed by atoms with van der Waals surface area (Å²) in [6.45, 7) is 22.7. The molecule has 0 aliphatic carbocycles. The summed E-state index contributed by atoms with van der Waals surface area (Å²) in [5.74, 6) is 5.25. The van der Waals surface area contributed by atoms with E-state index in [1.165, 1.54) is 0 Å². The first-order chi connectivity index (χ1) is 39.0. The van der Waals surface area contributed by atoms with Gasteiger partial charge in [-0.25, -0.2) is 0 Å². The van der Waals surface area contributed by atoms with Crippen LogP contribution in [0.2, 0.25) is 0 Å². The molecule has 432 valence electrons. The van der Waals surface area contributed by atoms with Crippen molar-refractivity contribution >= 4 is 51.0 Å². The molecule has 0 bridgehead atoms. The fourth-order valence-corrected chi connectivity index (χ4v) is 10.7. The van der Waals surface area contributed by atoms with Crippen LogP contribution in [0.5, 0.6) is 40.2 Å². The van der Waals surface area contributed by atoms with Crippen molar-refractivity contribution in [2.75, 3.05) is 46.2 Å². The van der Waals surface area contributed by atoms with Gasteiger partial charge in [0.1, 0.15) is 5.75 Å². The molecule has 80 heavy (non-hydrogen) atoms. The molecular formula is C68H91BF2N2O7. The van der Waals surface area contributed by atoms with Crippen LogP contribution in [-0.2, 0) is 0 Å². The molecule has 0 spiro atoms. The summed E-state index contributed by atoms with van der Waals surface area (Å²) in [4.78, 5) is 4.80. The summed E-state index contributed by atoms with van der Waals surface area (Å²) in [7, 11) is -2.68. The zero-order valence-electron chi connectivity index (χ0n) is 49.9. The highest BCUT2D eigenvalue weighted by molar-refractivity contribution is 6.41. The van der Waals surface area contributed by atoms with Crippen molar-refractivity contribution in [3.05, 3.63) is 107 Å². The van der Waals surface area contributed by atoms with Crippen LogP contribution in [0.25, 0.3) is 37.9 Å². The van der Waals surface area contributed by atoms with Crippen molar-refractivity contribution in [1.29, 1.82) is 0 Å². The second-order valence-corrected chi connectivity index (χ2v) is 21.7. The maximum Gasteiger partial charge on any atom is 0.677 e. The van der Waals surface area contributed by atoms with E-state index in [0.29, 0.717) is 68.9 Å². The lowest BCUT2D eigenvalue weighted by molar-refractivity contribution is 0.257. The number of unbranched alkanes of at least 4 members (excludes halogenated alkanes) is 13. The number of halogens is 2. The number of benzene rings is 5. The van der Waals surface area contributed by atoms with Crippen molar-refractivity contribution in [1.82, 2.24) is 4.48 Å². The van der Waals surface area contributed by atoms with E-state index in [-0.39, 0.29) is 0 Å². The first kappa shape index (κ1) is 61.5. The highest BCUT2D eigenvalue weighted by atomic mass is 19.2. The molecule has 2 heterocycles. The number of aromatic nitrogens is 1. The normalized spacial score (nSPS) is 13.0. The topological polar surface area (TPSA) is 81.9 Å². The maximum absolute atomic E-state index is 14.5. The lowest BCUT2D eigenvalue weighted by Gasteiger charge is -2.21. The van der Waals surface area contributed by atoms with Gasteiger partial charge in [-0.2, -0.15) is 0 Å². The molecule has 0 radical (unpaired) electrons. The minimum Gasteiger partial charge on any atom is -0.494 e. The zero-order valence-corrected chi connectivity index (χ0v) is 49.9. The molecule has 1 aliphatic heterocycles. The van der Waals surface area contributed by atoms with Gasteiger partial charge >= 0.3 is 7.40 Å². The summed E-state index contributed by atoms with van der Waals surface area (Å²) in [6, 6.07) is 22.7. The third-order valence-electron chi connectivity index (χ3n) is 15.0. The molecule has 9 nitrogen and oxygen atoms in total. The number of hydrogen-bond acceptors (Lipinski definition) is 8. The monoisotopic (exact) mass is 1100 g/mol. The van der Waals surface area contributed by atoms with Crippen LogP contribution in [-0.4, -0.2) is 63.8 Å². The molecule has 5 aromatic carbocycles. The Balaban J connectivity index is 1.14. The Bertz CT molecular complexity index is 2990. The van der Waals surface area contributed by atoms with Crippen LogP contribution < -0.4 is 33.2 Å². The van der Waals surface area contributed by atoms with E-state index in [0.717, 1.165) is 221 Å². The summed E-state index contributed by atoms with van der Waals surface area (Å²) in [5.41, 5.74) is 5.80. The van der Waals surface area contributed by atoms with Gasteiger partial charge in [-0.15, -0.1) is 0 Å². The molecule has 1 aliphatic rings. The molecule has 1 aromatic heterocycles. The van der Waals surface area contributed by atoms with Crippen molar-refractivity contribution in [2.24, 2.45) is 4.99 Å². The number of nitrogens with zero attached hydrogens (tertiary/aromatic N) is 2. The number of ether oxygens (including phenoxy) is 7. The molecule has 0 saturated heterocycles. The lowest BCUT2D eigenvalue weighted by Crippen LogP contribution is -2.18. The smallest absolute Gasteiger partial charge is 0.494 e. The van der Waals surface area contributed by atoms with E-state index in [1.807, 2.05) is 57.2 Å². The molecule has 0 N–H and O–H groups in total. The summed E-state index contributed by atoms with van der Waals surface area (Å²) < 4.78 is 76.3. The number of fused-ring (bicyclic) bond motifs is 6. The van der Waals surface area contributed by atoms with E-state index < -0.39 is 7.40 Å². The van der Waals surface area contributed by atoms with Gasteiger partial charge in [0.2, 0.25) is 0 Å². The Morgan fingerprint density at radius 2 is 0.750 bits per heavy atom. The Morgan fingerprint density at radius 1 is 0.425 bits per heavy atom. The SMILES string of the molecule is CCCCCOc1cc2c3cc(OCCCCC)c(OCCCCC)cc3c3cc(OCCCCCCOc4ccc(/C(=C5/N=C(C)C=C5C)c5c(C)cc(C)n5B(F)F)cc4)c(OCCCCC)cc3c2cc1OCCCCC. The fourth-order valence-electron chi connectivity index (χ4n) is 10.7. The molecule has 0 fully saturated rings. The quantitative estimate of drug-likeness (QED) is 0.0218. The predicted molar refractivity (Wildman–Crippen MR) is 330 cm³/mol. The highest BCUT2D eigenvalue weighted by Gasteiger charge is 2.29. The van der Waals surface area contributed by atoms with Gasteiger partial charge in [0, 0.05) is 22.7 Å². The van der Waals surface area contributed by atoms with Crippen molar-refractivity contribution in [2.45, 2.75) is 184 Å². The van der Waals surface area contributed by atoms with E-state index in [4.69, 9.17) is 38.2 Å². The number of hydrogen-bond donors (Lipinski definition) is 0. The van der Waals surface area contributed by atoms with Gasteiger partial charge in [-0.3, -0.25) is 13.6 Å². The van der Waals surface area contributed by atoms with Gasteiger partial charge in [0.25, 0.3) is 0 Å². The van der Waals surface area contributed by atoms with Gasteiger partial charge < -0.3 is 37.6 Å². The van der Waals surface area contributed by atoms with E-state index in [9.17, 15) is 8.63 Å². The van der Waals surface area contributed by atoms with Crippen molar-refractivity contribution in [3.63, 3.8) is 0 Å². The Hall–Kier alpha value is -6.17. The van der Waals surface area contributed by atoms with Crippen LogP contribution in [0, 0.1) is 13.8 Å². The summed E-state index contributed by atoms with van der Waals surface area (Å²) in [6.07, 6.45) is 21.6. The lowest BCUT2D eigenvalue weighted by atomic mass is 9.93. The minimum absolute atomic E-state index is 0.486. The van der Waals surface area contributed by atoms with Crippen LogP contribution in [0.3, 0.4) is 0 Å².